The quantitative estimate of drug-likeness (QED) is 0.310. The molecule has 0 radical (unpaired) electrons. The Bertz CT molecular complexity index is 320. The lowest BCUT2D eigenvalue weighted by Gasteiger charge is -2.15. The first-order valence-corrected chi connectivity index (χ1v) is 9.19. The highest BCUT2D eigenvalue weighted by Crippen LogP contribution is 2.11. The number of hydrogen-bond acceptors (Lipinski definition) is 5. The van der Waals surface area contributed by atoms with E-state index in [0.717, 1.165) is 25.7 Å². The van der Waals surface area contributed by atoms with Gasteiger partial charge in [0.15, 0.2) is 0 Å². The third-order valence-corrected chi connectivity index (χ3v) is 4.23. The van der Waals surface area contributed by atoms with E-state index in [0.29, 0.717) is 0 Å². The third-order valence-electron chi connectivity index (χ3n) is 4.23. The summed E-state index contributed by atoms with van der Waals surface area (Å²) >= 11 is 0. The van der Waals surface area contributed by atoms with Crippen LogP contribution in [0.4, 0.5) is 0 Å². The lowest BCUT2D eigenvalue weighted by Crippen LogP contribution is -2.38. The maximum Gasteiger partial charge on any atom is 0.372 e. The molecule has 0 rings (SSSR count). The number of rotatable bonds is 13. The largest absolute Gasteiger partial charge is 0.372 e. The van der Waals surface area contributed by atoms with Gasteiger partial charge in [-0.25, -0.2) is 19.4 Å². The van der Waals surface area contributed by atoms with Crippen molar-refractivity contribution in [1.82, 2.24) is 0 Å². The molecule has 5 heteroatoms. The molecule has 0 saturated carbocycles. The normalized spacial score (nSPS) is 13.4. The van der Waals surface area contributed by atoms with Crippen molar-refractivity contribution in [1.29, 1.82) is 0 Å². The minimum absolute atomic E-state index is 0.00136. The van der Waals surface area contributed by atoms with Gasteiger partial charge < -0.3 is 5.73 Å². The molecule has 2 unspecified atom stereocenters. The van der Waals surface area contributed by atoms with Crippen LogP contribution < -0.4 is 5.73 Å². The highest BCUT2D eigenvalue weighted by molar-refractivity contribution is 5.77. The molecule has 0 aliphatic rings. The van der Waals surface area contributed by atoms with Crippen LogP contribution in [0.1, 0.15) is 91.4 Å². The monoisotopic (exact) mass is 329 g/mol. The molecule has 0 aromatic carbocycles. The molecule has 0 aliphatic carbocycles. The van der Waals surface area contributed by atoms with Gasteiger partial charge >= 0.3 is 11.9 Å². The van der Waals surface area contributed by atoms with E-state index < -0.39 is 18.0 Å². The van der Waals surface area contributed by atoms with Crippen molar-refractivity contribution in [2.45, 2.75) is 97.4 Å². The maximum absolute atomic E-state index is 11.5. The Balaban J connectivity index is 3.52. The van der Waals surface area contributed by atoms with Gasteiger partial charge in [-0.05, 0) is 12.3 Å². The van der Waals surface area contributed by atoms with E-state index in [1.54, 1.807) is 0 Å². The number of unbranched alkanes of at least 4 members (excludes halogenated alkanes) is 8. The van der Waals surface area contributed by atoms with Gasteiger partial charge in [-0.2, -0.15) is 0 Å². The molecule has 2 N–H and O–H groups in total. The summed E-state index contributed by atoms with van der Waals surface area (Å²) in [6, 6.07) is -0.750. The fourth-order valence-corrected chi connectivity index (χ4v) is 2.25. The van der Waals surface area contributed by atoms with Gasteiger partial charge in [-0.1, -0.05) is 78.6 Å². The van der Waals surface area contributed by atoms with E-state index in [1.165, 1.54) is 38.5 Å². The average molecular weight is 329 g/mol. The highest BCUT2D eigenvalue weighted by atomic mass is 17.2. The Morgan fingerprint density at radius 2 is 1.39 bits per heavy atom. The SMILES string of the molecule is CCCCCCCCCCCC(=O)OOC(=O)C(N)C(C)CC. The number of nitrogens with two attached hydrogens (primary N) is 1. The molecule has 2 atom stereocenters. The summed E-state index contributed by atoms with van der Waals surface area (Å²) in [7, 11) is 0. The second-order valence-corrected chi connectivity index (χ2v) is 6.35. The zero-order chi connectivity index (χ0) is 17.5. The summed E-state index contributed by atoms with van der Waals surface area (Å²) in [6.07, 6.45) is 11.7. The van der Waals surface area contributed by atoms with Gasteiger partial charge in [0.2, 0.25) is 0 Å². The van der Waals surface area contributed by atoms with Gasteiger partial charge in [0.1, 0.15) is 6.04 Å². The molecule has 136 valence electrons. The Morgan fingerprint density at radius 3 is 1.91 bits per heavy atom. The van der Waals surface area contributed by atoms with E-state index in [4.69, 9.17) is 5.73 Å². The zero-order valence-electron chi connectivity index (χ0n) is 15.1. The third kappa shape index (κ3) is 12.0. The van der Waals surface area contributed by atoms with Gasteiger partial charge in [0, 0.05) is 0 Å². The lowest BCUT2D eigenvalue weighted by atomic mass is 10.0. The Hall–Kier alpha value is -1.10. The van der Waals surface area contributed by atoms with Crippen molar-refractivity contribution in [3.63, 3.8) is 0 Å². The molecule has 5 nitrogen and oxygen atoms in total. The lowest BCUT2D eigenvalue weighted by molar-refractivity contribution is -0.260. The second kappa shape index (κ2) is 14.5. The van der Waals surface area contributed by atoms with E-state index in [9.17, 15) is 9.59 Å². The van der Waals surface area contributed by atoms with E-state index in [-0.39, 0.29) is 12.3 Å². The summed E-state index contributed by atoms with van der Waals surface area (Å²) in [6.45, 7) is 6.01. The topological polar surface area (TPSA) is 78.6 Å². The summed E-state index contributed by atoms with van der Waals surface area (Å²) in [5.41, 5.74) is 5.69. The summed E-state index contributed by atoms with van der Waals surface area (Å²) in [4.78, 5) is 32.1. The maximum atomic E-state index is 11.5. The second-order valence-electron chi connectivity index (χ2n) is 6.35. The van der Waals surface area contributed by atoms with Gasteiger partial charge in [0.05, 0.1) is 6.42 Å². The van der Waals surface area contributed by atoms with E-state index in [2.05, 4.69) is 16.7 Å². The van der Waals surface area contributed by atoms with Crippen molar-refractivity contribution in [2.24, 2.45) is 11.7 Å². The van der Waals surface area contributed by atoms with Crippen molar-refractivity contribution < 1.29 is 19.4 Å². The highest BCUT2D eigenvalue weighted by Gasteiger charge is 2.23. The molecular formula is C18H35NO4. The smallest absolute Gasteiger partial charge is 0.318 e. The van der Waals surface area contributed by atoms with Crippen molar-refractivity contribution in [3.8, 4) is 0 Å². The molecule has 0 aromatic rings. The predicted molar refractivity (Wildman–Crippen MR) is 91.5 cm³/mol. The minimum Gasteiger partial charge on any atom is -0.318 e. The molecular weight excluding hydrogens is 294 g/mol. The van der Waals surface area contributed by atoms with Crippen LogP contribution in [0.2, 0.25) is 0 Å². The molecule has 0 amide bonds. The van der Waals surface area contributed by atoms with Gasteiger partial charge in [-0.3, -0.25) is 0 Å². The summed E-state index contributed by atoms with van der Waals surface area (Å²) in [5.74, 6) is -1.18. The Labute approximate surface area is 141 Å². The molecule has 23 heavy (non-hydrogen) atoms. The van der Waals surface area contributed by atoms with Crippen molar-refractivity contribution >= 4 is 11.9 Å². The van der Waals surface area contributed by atoms with Crippen LogP contribution in [-0.4, -0.2) is 18.0 Å². The van der Waals surface area contributed by atoms with Crippen LogP contribution in [0.3, 0.4) is 0 Å². The fourth-order valence-electron chi connectivity index (χ4n) is 2.25. The molecule has 0 bridgehead atoms. The minimum atomic E-state index is -0.750. The van der Waals surface area contributed by atoms with E-state index in [1.807, 2.05) is 13.8 Å². The summed E-state index contributed by atoms with van der Waals surface area (Å²) in [5, 5.41) is 0. The van der Waals surface area contributed by atoms with Crippen LogP contribution in [-0.2, 0) is 19.4 Å². The first-order chi connectivity index (χ1) is 11.0. The first kappa shape index (κ1) is 21.9. The van der Waals surface area contributed by atoms with Crippen LogP contribution in [0, 0.1) is 5.92 Å². The molecule has 0 heterocycles. The predicted octanol–water partition coefficient (Wildman–Crippen LogP) is 4.28. The zero-order valence-corrected chi connectivity index (χ0v) is 15.1. The molecule has 0 aromatic heterocycles. The van der Waals surface area contributed by atoms with Crippen LogP contribution >= 0.6 is 0 Å². The van der Waals surface area contributed by atoms with Gasteiger partial charge in [0.25, 0.3) is 0 Å². The van der Waals surface area contributed by atoms with Crippen LogP contribution in [0.25, 0.3) is 0 Å². The Morgan fingerprint density at radius 1 is 0.870 bits per heavy atom. The molecule has 0 aliphatic heterocycles. The number of hydrogen-bond donors (Lipinski definition) is 1. The number of carbonyl (C=O) groups is 2. The summed E-state index contributed by atoms with van der Waals surface area (Å²) < 4.78 is 0. The Kier molecular flexibility index (Phi) is 13.8. The fraction of sp³-hybridized carbons (Fsp3) is 0.889. The average Bonchev–Trinajstić information content (AvgIpc) is 2.56. The van der Waals surface area contributed by atoms with Crippen LogP contribution in [0.5, 0.6) is 0 Å². The van der Waals surface area contributed by atoms with Crippen LogP contribution in [0.15, 0.2) is 0 Å². The van der Waals surface area contributed by atoms with Crippen molar-refractivity contribution in [3.05, 3.63) is 0 Å². The van der Waals surface area contributed by atoms with Crippen molar-refractivity contribution in [2.75, 3.05) is 0 Å². The standard InChI is InChI=1S/C18H35NO4/c1-4-6-7-8-9-10-11-12-13-14-16(20)22-23-18(21)17(19)15(3)5-2/h15,17H,4-14,19H2,1-3H3. The molecule has 0 fully saturated rings. The number of carbonyl (C=O) groups excluding carboxylic acids is 2. The van der Waals surface area contributed by atoms with E-state index >= 15 is 0 Å². The molecule has 0 spiro atoms. The van der Waals surface area contributed by atoms with Gasteiger partial charge in [-0.15, -0.1) is 0 Å². The first-order valence-electron chi connectivity index (χ1n) is 9.19. The molecule has 0 saturated heterocycles.